The van der Waals surface area contributed by atoms with E-state index in [1.807, 2.05) is 18.2 Å². The van der Waals surface area contributed by atoms with Gasteiger partial charge in [0.05, 0.1) is 19.3 Å². The van der Waals surface area contributed by atoms with E-state index in [0.717, 1.165) is 30.2 Å². The van der Waals surface area contributed by atoms with Gasteiger partial charge in [-0.25, -0.2) is 0 Å². The zero-order valence-electron chi connectivity index (χ0n) is 13.1. The molecule has 0 fully saturated rings. The van der Waals surface area contributed by atoms with Crippen molar-refractivity contribution in [3.8, 4) is 11.5 Å². The molecule has 2 rings (SSSR count). The maximum absolute atomic E-state index is 5.93. The molecular weight excluding hydrogens is 270 g/mol. The number of methoxy groups -OCH3 is 1. The van der Waals surface area contributed by atoms with E-state index in [1.165, 1.54) is 0 Å². The van der Waals surface area contributed by atoms with E-state index in [4.69, 9.17) is 18.9 Å². The van der Waals surface area contributed by atoms with Crippen molar-refractivity contribution in [2.24, 2.45) is 5.92 Å². The Morgan fingerprint density at radius 3 is 2.76 bits per heavy atom. The second-order valence-corrected chi connectivity index (χ2v) is 5.63. The van der Waals surface area contributed by atoms with Crippen LogP contribution in [-0.2, 0) is 16.1 Å². The second kappa shape index (κ2) is 8.22. The number of rotatable bonds is 9. The molecule has 1 heterocycles. The number of fused-ring (bicyclic) bond motifs is 1. The second-order valence-electron chi connectivity index (χ2n) is 5.63. The molecule has 0 amide bonds. The Kier molecular flexibility index (Phi) is 6.29. The molecule has 1 N–H and O–H groups in total. The predicted octanol–water partition coefficient (Wildman–Crippen LogP) is 2.19. The van der Waals surface area contributed by atoms with Crippen LogP contribution in [0.2, 0.25) is 0 Å². The maximum Gasteiger partial charge on any atom is 0.231 e. The largest absolute Gasteiger partial charge is 0.454 e. The Morgan fingerprint density at radius 1 is 1.19 bits per heavy atom. The highest BCUT2D eigenvalue weighted by atomic mass is 16.7. The molecule has 118 valence electrons. The van der Waals surface area contributed by atoms with E-state index in [0.29, 0.717) is 25.9 Å². The van der Waals surface area contributed by atoms with Crippen LogP contribution in [-0.4, -0.2) is 39.7 Å². The van der Waals surface area contributed by atoms with Crippen molar-refractivity contribution in [2.75, 3.05) is 33.6 Å². The summed E-state index contributed by atoms with van der Waals surface area (Å²) in [5, 5.41) is 3.40. The third kappa shape index (κ3) is 5.19. The lowest BCUT2D eigenvalue weighted by Crippen LogP contribution is -2.34. The van der Waals surface area contributed by atoms with Gasteiger partial charge in [-0.1, -0.05) is 19.9 Å². The molecule has 1 unspecified atom stereocenters. The third-order valence-corrected chi connectivity index (χ3v) is 3.20. The van der Waals surface area contributed by atoms with E-state index in [1.54, 1.807) is 7.11 Å². The summed E-state index contributed by atoms with van der Waals surface area (Å²) >= 11 is 0. The van der Waals surface area contributed by atoms with Crippen molar-refractivity contribution in [2.45, 2.75) is 26.6 Å². The average molecular weight is 295 g/mol. The highest BCUT2D eigenvalue weighted by Crippen LogP contribution is 2.32. The molecule has 1 aromatic rings. The van der Waals surface area contributed by atoms with Gasteiger partial charge in [0.25, 0.3) is 0 Å². The molecule has 5 heteroatoms. The first kappa shape index (κ1) is 16.1. The van der Waals surface area contributed by atoms with Gasteiger partial charge >= 0.3 is 0 Å². The van der Waals surface area contributed by atoms with Gasteiger partial charge in [0.2, 0.25) is 6.79 Å². The van der Waals surface area contributed by atoms with Gasteiger partial charge in [-0.15, -0.1) is 0 Å². The minimum atomic E-state index is 0.0409. The van der Waals surface area contributed by atoms with E-state index in [9.17, 15) is 0 Å². The van der Waals surface area contributed by atoms with Crippen LogP contribution in [0.3, 0.4) is 0 Å². The fraction of sp³-hybridized carbons (Fsp3) is 0.625. The molecule has 0 saturated carbocycles. The first-order valence-electron chi connectivity index (χ1n) is 7.39. The highest BCUT2D eigenvalue weighted by molar-refractivity contribution is 5.44. The molecule has 1 aliphatic heterocycles. The van der Waals surface area contributed by atoms with Crippen LogP contribution >= 0.6 is 0 Å². The van der Waals surface area contributed by atoms with Crippen LogP contribution in [0.15, 0.2) is 18.2 Å². The number of hydrogen-bond donors (Lipinski definition) is 1. The van der Waals surface area contributed by atoms with Gasteiger partial charge < -0.3 is 24.3 Å². The van der Waals surface area contributed by atoms with Crippen molar-refractivity contribution in [3.63, 3.8) is 0 Å². The summed E-state index contributed by atoms with van der Waals surface area (Å²) in [5.41, 5.74) is 1.07. The third-order valence-electron chi connectivity index (χ3n) is 3.20. The van der Waals surface area contributed by atoms with Gasteiger partial charge in [-0.3, -0.25) is 0 Å². The Balaban J connectivity index is 1.80. The number of hydrogen-bond acceptors (Lipinski definition) is 5. The minimum Gasteiger partial charge on any atom is -0.454 e. The Bertz CT molecular complexity index is 436. The number of ether oxygens (including phenoxy) is 4. The number of nitrogens with one attached hydrogen (secondary N) is 1. The summed E-state index contributed by atoms with van der Waals surface area (Å²) in [5.74, 6) is 2.21. The van der Waals surface area contributed by atoms with Crippen molar-refractivity contribution in [1.29, 1.82) is 0 Å². The predicted molar refractivity (Wildman–Crippen MR) is 80.7 cm³/mol. The molecule has 1 aliphatic rings. The summed E-state index contributed by atoms with van der Waals surface area (Å²) in [6, 6.07) is 5.88. The molecule has 5 nitrogen and oxygen atoms in total. The molecule has 0 saturated heterocycles. The summed E-state index contributed by atoms with van der Waals surface area (Å²) in [6.07, 6.45) is 0.0409. The molecule has 0 aliphatic carbocycles. The van der Waals surface area contributed by atoms with Crippen molar-refractivity contribution in [3.05, 3.63) is 23.8 Å². The van der Waals surface area contributed by atoms with Crippen LogP contribution in [0.25, 0.3) is 0 Å². The summed E-state index contributed by atoms with van der Waals surface area (Å²) in [6.45, 7) is 7.55. The zero-order chi connectivity index (χ0) is 15.1. The van der Waals surface area contributed by atoms with Gasteiger partial charge in [0, 0.05) is 13.7 Å². The van der Waals surface area contributed by atoms with Gasteiger partial charge in [0.1, 0.15) is 0 Å². The molecule has 21 heavy (non-hydrogen) atoms. The molecule has 0 radical (unpaired) electrons. The van der Waals surface area contributed by atoms with Crippen LogP contribution < -0.4 is 14.8 Å². The van der Waals surface area contributed by atoms with Crippen LogP contribution in [0, 0.1) is 5.92 Å². The van der Waals surface area contributed by atoms with Crippen molar-refractivity contribution < 1.29 is 18.9 Å². The van der Waals surface area contributed by atoms with Crippen LogP contribution in [0.5, 0.6) is 11.5 Å². The Hall–Kier alpha value is -1.30. The normalized spacial score (nSPS) is 14.7. The SMILES string of the molecule is COCC(CNCC(C)C)OCc1ccc2c(c1)OCO2. The zero-order valence-corrected chi connectivity index (χ0v) is 13.1. The lowest BCUT2D eigenvalue weighted by Gasteiger charge is -2.18. The molecule has 0 bridgehead atoms. The lowest BCUT2D eigenvalue weighted by atomic mass is 10.2. The topological polar surface area (TPSA) is 49.0 Å². The van der Waals surface area contributed by atoms with Crippen LogP contribution in [0.1, 0.15) is 19.4 Å². The fourth-order valence-electron chi connectivity index (χ4n) is 2.13. The fourth-order valence-corrected chi connectivity index (χ4v) is 2.13. The van der Waals surface area contributed by atoms with E-state index < -0.39 is 0 Å². The average Bonchev–Trinajstić information content (AvgIpc) is 2.91. The smallest absolute Gasteiger partial charge is 0.231 e. The molecule has 0 spiro atoms. The van der Waals surface area contributed by atoms with E-state index in [2.05, 4.69) is 19.2 Å². The number of benzene rings is 1. The molecule has 1 atom stereocenters. The summed E-state index contributed by atoms with van der Waals surface area (Å²) < 4.78 is 21.8. The van der Waals surface area contributed by atoms with E-state index in [-0.39, 0.29) is 6.10 Å². The first-order chi connectivity index (χ1) is 10.2. The quantitative estimate of drug-likeness (QED) is 0.757. The standard InChI is InChI=1S/C16H25NO4/c1-12(2)7-17-8-14(10-18-3)19-9-13-4-5-15-16(6-13)21-11-20-15/h4-6,12,14,17H,7-11H2,1-3H3. The first-order valence-corrected chi connectivity index (χ1v) is 7.39. The van der Waals surface area contributed by atoms with Gasteiger partial charge in [-0.2, -0.15) is 0 Å². The Labute approximate surface area is 126 Å². The molecular formula is C16H25NO4. The molecule has 0 aromatic heterocycles. The van der Waals surface area contributed by atoms with Crippen LogP contribution in [0.4, 0.5) is 0 Å². The van der Waals surface area contributed by atoms with Crippen molar-refractivity contribution >= 4 is 0 Å². The summed E-state index contributed by atoms with van der Waals surface area (Å²) in [4.78, 5) is 0. The Morgan fingerprint density at radius 2 is 2.00 bits per heavy atom. The molecule has 1 aromatic carbocycles. The maximum atomic E-state index is 5.93. The van der Waals surface area contributed by atoms with Gasteiger partial charge in [-0.05, 0) is 30.2 Å². The van der Waals surface area contributed by atoms with Gasteiger partial charge in [0.15, 0.2) is 11.5 Å². The highest BCUT2D eigenvalue weighted by Gasteiger charge is 2.14. The minimum absolute atomic E-state index is 0.0409. The lowest BCUT2D eigenvalue weighted by molar-refractivity contribution is -0.0104. The monoisotopic (exact) mass is 295 g/mol. The van der Waals surface area contributed by atoms with E-state index >= 15 is 0 Å². The summed E-state index contributed by atoms with van der Waals surface area (Å²) in [7, 11) is 1.69. The van der Waals surface area contributed by atoms with Crippen molar-refractivity contribution in [1.82, 2.24) is 5.32 Å².